The van der Waals surface area contributed by atoms with Crippen LogP contribution in [0, 0.1) is 6.92 Å². The predicted molar refractivity (Wildman–Crippen MR) is 87.6 cm³/mol. The zero-order valence-electron chi connectivity index (χ0n) is 13.5. The van der Waals surface area contributed by atoms with Crippen molar-refractivity contribution in [3.05, 3.63) is 11.3 Å². The quantitative estimate of drug-likeness (QED) is 0.762. The van der Waals surface area contributed by atoms with Crippen molar-refractivity contribution in [1.82, 2.24) is 19.8 Å². The molecule has 1 aliphatic heterocycles. The third-order valence-corrected chi connectivity index (χ3v) is 4.14. The van der Waals surface area contributed by atoms with E-state index in [0.29, 0.717) is 5.95 Å². The Bertz CT molecular complexity index is 454. The van der Waals surface area contributed by atoms with Crippen LogP contribution < -0.4 is 11.1 Å². The first-order valence-electron chi connectivity index (χ1n) is 7.88. The molecule has 3 N–H and O–H groups in total. The zero-order valence-corrected chi connectivity index (χ0v) is 13.5. The van der Waals surface area contributed by atoms with Gasteiger partial charge in [0.25, 0.3) is 0 Å². The lowest BCUT2D eigenvalue weighted by atomic mass is 10.2. The summed E-state index contributed by atoms with van der Waals surface area (Å²) < 4.78 is 0. The molecule has 0 saturated carbocycles. The van der Waals surface area contributed by atoms with E-state index in [1.807, 2.05) is 0 Å². The summed E-state index contributed by atoms with van der Waals surface area (Å²) in [5.41, 5.74) is 7.91. The van der Waals surface area contributed by atoms with Gasteiger partial charge in [-0.05, 0) is 33.4 Å². The van der Waals surface area contributed by atoms with Crippen LogP contribution in [0.4, 0.5) is 11.8 Å². The molecule has 118 valence electrons. The largest absolute Gasteiger partial charge is 0.370 e. The summed E-state index contributed by atoms with van der Waals surface area (Å²) in [4.78, 5) is 13.5. The van der Waals surface area contributed by atoms with Gasteiger partial charge in [0.05, 0.1) is 5.69 Å². The number of nitrogen functional groups attached to an aromatic ring is 1. The number of nitrogens with zero attached hydrogens (tertiary/aromatic N) is 4. The molecule has 1 aromatic heterocycles. The minimum Gasteiger partial charge on any atom is -0.370 e. The fraction of sp³-hybridized carbons (Fsp3) is 0.733. The molecule has 0 aliphatic carbocycles. The highest BCUT2D eigenvalue weighted by molar-refractivity contribution is 5.48. The minimum absolute atomic E-state index is 0.360. The summed E-state index contributed by atoms with van der Waals surface area (Å²) in [6.45, 7) is 10.9. The first kappa shape index (κ1) is 16.0. The molecule has 0 spiro atoms. The molecule has 6 nitrogen and oxygen atoms in total. The van der Waals surface area contributed by atoms with E-state index in [1.54, 1.807) is 0 Å². The summed E-state index contributed by atoms with van der Waals surface area (Å²) in [5.74, 6) is 1.25. The van der Waals surface area contributed by atoms with Crippen LogP contribution in [0.3, 0.4) is 0 Å². The van der Waals surface area contributed by atoms with Crippen molar-refractivity contribution in [3.63, 3.8) is 0 Å². The van der Waals surface area contributed by atoms with E-state index in [9.17, 15) is 0 Å². The Kier molecular flexibility index (Phi) is 5.76. The Morgan fingerprint density at radius 2 is 1.90 bits per heavy atom. The summed E-state index contributed by atoms with van der Waals surface area (Å²) in [5, 5.41) is 3.41. The summed E-state index contributed by atoms with van der Waals surface area (Å²) in [6.07, 6.45) is 2.00. The second-order valence-electron chi connectivity index (χ2n) is 5.78. The van der Waals surface area contributed by atoms with Crippen molar-refractivity contribution in [3.8, 4) is 0 Å². The van der Waals surface area contributed by atoms with Crippen LogP contribution in [0.2, 0.25) is 0 Å². The molecule has 1 aromatic rings. The molecule has 1 aliphatic rings. The van der Waals surface area contributed by atoms with E-state index in [2.05, 4.69) is 46.0 Å². The highest BCUT2D eigenvalue weighted by Gasteiger charge is 2.13. The number of rotatable bonds is 6. The average molecular weight is 292 g/mol. The molecule has 1 saturated heterocycles. The van der Waals surface area contributed by atoms with Crippen molar-refractivity contribution in [2.45, 2.75) is 26.7 Å². The van der Waals surface area contributed by atoms with Gasteiger partial charge in [-0.15, -0.1) is 0 Å². The van der Waals surface area contributed by atoms with Crippen LogP contribution in [0.1, 0.15) is 24.6 Å². The maximum atomic E-state index is 5.76. The number of nitrogens with two attached hydrogens (primary N) is 1. The molecular weight excluding hydrogens is 264 g/mol. The van der Waals surface area contributed by atoms with E-state index in [1.165, 1.54) is 26.2 Å². The van der Waals surface area contributed by atoms with Gasteiger partial charge in [-0.3, -0.25) is 0 Å². The van der Waals surface area contributed by atoms with Gasteiger partial charge in [-0.2, -0.15) is 4.98 Å². The van der Waals surface area contributed by atoms with Gasteiger partial charge >= 0.3 is 0 Å². The number of nitrogens with one attached hydrogen (secondary N) is 1. The monoisotopic (exact) mass is 292 g/mol. The Morgan fingerprint density at radius 3 is 2.57 bits per heavy atom. The lowest BCUT2D eigenvalue weighted by Crippen LogP contribution is -2.44. The van der Waals surface area contributed by atoms with Gasteiger partial charge in [0.1, 0.15) is 5.82 Å². The number of aromatic nitrogens is 2. The summed E-state index contributed by atoms with van der Waals surface area (Å²) in [7, 11) is 2.19. The molecule has 0 aromatic carbocycles. The minimum atomic E-state index is 0.360. The van der Waals surface area contributed by atoms with Gasteiger partial charge in [0.2, 0.25) is 5.95 Å². The zero-order chi connectivity index (χ0) is 15.2. The first-order chi connectivity index (χ1) is 10.1. The van der Waals surface area contributed by atoms with Gasteiger partial charge in [0.15, 0.2) is 0 Å². The van der Waals surface area contributed by atoms with Crippen LogP contribution in [0.25, 0.3) is 0 Å². The van der Waals surface area contributed by atoms with Crippen LogP contribution in [-0.4, -0.2) is 66.1 Å². The highest BCUT2D eigenvalue weighted by Crippen LogP contribution is 2.16. The molecule has 0 unspecified atom stereocenters. The van der Waals surface area contributed by atoms with Gasteiger partial charge in [-0.1, -0.05) is 6.92 Å². The Hall–Kier alpha value is -1.40. The fourth-order valence-electron chi connectivity index (χ4n) is 2.68. The molecule has 0 amide bonds. The molecule has 2 heterocycles. The molecule has 0 radical (unpaired) electrons. The standard InChI is InChI=1S/C15H28N6/c1-4-13-12(2)14(19-15(16)18-13)17-6-5-7-21-10-8-20(3)9-11-21/h4-11H2,1-3H3,(H3,16,17,18,19). The second kappa shape index (κ2) is 7.56. The van der Waals surface area contributed by atoms with Crippen molar-refractivity contribution in [2.24, 2.45) is 0 Å². The topological polar surface area (TPSA) is 70.3 Å². The fourth-order valence-corrected chi connectivity index (χ4v) is 2.68. The third-order valence-electron chi connectivity index (χ3n) is 4.14. The Labute approximate surface area is 127 Å². The summed E-state index contributed by atoms with van der Waals surface area (Å²) >= 11 is 0. The van der Waals surface area contributed by atoms with Crippen LogP contribution in [0.15, 0.2) is 0 Å². The lowest BCUT2D eigenvalue weighted by molar-refractivity contribution is 0.154. The molecule has 6 heteroatoms. The average Bonchev–Trinajstić information content (AvgIpc) is 2.48. The molecule has 0 bridgehead atoms. The number of hydrogen-bond acceptors (Lipinski definition) is 6. The van der Waals surface area contributed by atoms with Crippen LogP contribution in [-0.2, 0) is 6.42 Å². The Morgan fingerprint density at radius 1 is 1.19 bits per heavy atom. The van der Waals surface area contributed by atoms with Gasteiger partial charge < -0.3 is 20.9 Å². The van der Waals surface area contributed by atoms with E-state index in [-0.39, 0.29) is 0 Å². The third kappa shape index (κ3) is 4.54. The van der Waals surface area contributed by atoms with Crippen LogP contribution >= 0.6 is 0 Å². The van der Waals surface area contributed by atoms with Crippen molar-refractivity contribution < 1.29 is 0 Å². The lowest BCUT2D eigenvalue weighted by Gasteiger charge is -2.32. The van der Waals surface area contributed by atoms with E-state index in [4.69, 9.17) is 5.73 Å². The highest BCUT2D eigenvalue weighted by atomic mass is 15.2. The molecule has 21 heavy (non-hydrogen) atoms. The summed E-state index contributed by atoms with van der Waals surface area (Å²) in [6, 6.07) is 0. The van der Waals surface area contributed by atoms with E-state index < -0.39 is 0 Å². The van der Waals surface area contributed by atoms with Crippen molar-refractivity contribution >= 4 is 11.8 Å². The van der Waals surface area contributed by atoms with E-state index >= 15 is 0 Å². The normalized spacial score (nSPS) is 17.1. The molecular formula is C15H28N6. The predicted octanol–water partition coefficient (Wildman–Crippen LogP) is 0.979. The molecule has 1 fully saturated rings. The first-order valence-corrected chi connectivity index (χ1v) is 7.88. The maximum absolute atomic E-state index is 5.76. The number of likely N-dealkylation sites (N-methyl/N-ethyl adjacent to an activating group) is 1. The smallest absolute Gasteiger partial charge is 0.222 e. The van der Waals surface area contributed by atoms with Crippen molar-refractivity contribution in [2.75, 3.05) is 57.4 Å². The Balaban J connectivity index is 1.77. The maximum Gasteiger partial charge on any atom is 0.222 e. The van der Waals surface area contributed by atoms with Crippen LogP contribution in [0.5, 0.6) is 0 Å². The molecule has 0 atom stereocenters. The number of hydrogen-bond donors (Lipinski definition) is 2. The van der Waals surface area contributed by atoms with Crippen molar-refractivity contribution in [1.29, 1.82) is 0 Å². The van der Waals surface area contributed by atoms with Gasteiger partial charge in [0, 0.05) is 38.3 Å². The second-order valence-corrected chi connectivity index (χ2v) is 5.78. The number of aryl methyl sites for hydroxylation is 1. The number of piperazine rings is 1. The molecule has 2 rings (SSSR count). The van der Waals surface area contributed by atoms with E-state index in [0.717, 1.165) is 43.0 Å². The van der Waals surface area contributed by atoms with Gasteiger partial charge in [-0.25, -0.2) is 4.98 Å². The number of anilines is 2. The SMILES string of the molecule is CCc1nc(N)nc(NCCCN2CCN(C)CC2)c1C.